The Morgan fingerprint density at radius 1 is 0.857 bits per heavy atom. The minimum Gasteiger partial charge on any atom is -0.460 e. The topological polar surface area (TPSA) is 37.6 Å². The van der Waals surface area contributed by atoms with Crippen LogP contribution in [0.5, 0.6) is 0 Å². The van der Waals surface area contributed by atoms with E-state index in [1.54, 1.807) is 12.1 Å². The maximum Gasteiger partial charge on any atom is 0.137 e. The molecule has 1 aliphatic heterocycles. The largest absolute Gasteiger partial charge is 0.460 e. The minimum absolute atomic E-state index is 0.270. The van der Waals surface area contributed by atoms with E-state index in [-0.39, 0.29) is 5.82 Å². The first kappa shape index (κ1) is 18.9. The van der Waals surface area contributed by atoms with Crippen molar-refractivity contribution in [2.24, 2.45) is 0 Å². The van der Waals surface area contributed by atoms with Crippen molar-refractivity contribution in [3.63, 3.8) is 0 Å². The van der Waals surface area contributed by atoms with Crippen molar-refractivity contribution in [1.82, 2.24) is 10.2 Å². The maximum atomic E-state index is 13.9. The predicted molar refractivity (Wildman–Crippen MR) is 107 cm³/mol. The number of hydrogen-bond acceptors (Lipinski definition) is 4. The van der Waals surface area contributed by atoms with Gasteiger partial charge in [0.25, 0.3) is 0 Å². The molecule has 2 aromatic carbocycles. The summed E-state index contributed by atoms with van der Waals surface area (Å²) >= 11 is 0. The Labute approximate surface area is 164 Å². The molecule has 146 valence electrons. The van der Waals surface area contributed by atoms with Gasteiger partial charge in [0, 0.05) is 26.2 Å². The summed E-state index contributed by atoms with van der Waals surface area (Å²) in [5, 5.41) is 3.38. The fraction of sp³-hybridized carbons (Fsp3) is 0.304. The lowest BCUT2D eigenvalue weighted by Crippen LogP contribution is -2.35. The third-order valence-corrected chi connectivity index (χ3v) is 4.96. The molecule has 3 aromatic rings. The highest BCUT2D eigenvalue weighted by Crippen LogP contribution is 2.24. The lowest BCUT2D eigenvalue weighted by molar-refractivity contribution is 0.0342. The number of furan rings is 1. The molecule has 4 nitrogen and oxygen atoms in total. The van der Waals surface area contributed by atoms with Gasteiger partial charge in [0.15, 0.2) is 0 Å². The summed E-state index contributed by atoms with van der Waals surface area (Å²) in [5.41, 5.74) is 3.04. The number of nitrogens with one attached hydrogen (secondary N) is 1. The number of rotatable bonds is 7. The second-order valence-corrected chi connectivity index (χ2v) is 7.05. The molecule has 1 N–H and O–H groups in total. The highest BCUT2D eigenvalue weighted by Gasteiger charge is 2.11. The van der Waals surface area contributed by atoms with Crippen LogP contribution in [0.4, 0.5) is 4.39 Å². The lowest BCUT2D eigenvalue weighted by Gasteiger charge is -2.26. The van der Waals surface area contributed by atoms with E-state index >= 15 is 0 Å². The molecule has 1 aromatic heterocycles. The van der Waals surface area contributed by atoms with Crippen LogP contribution in [0, 0.1) is 5.82 Å². The molecule has 1 aliphatic rings. The molecule has 1 fully saturated rings. The zero-order valence-corrected chi connectivity index (χ0v) is 15.9. The highest BCUT2D eigenvalue weighted by atomic mass is 19.1. The summed E-state index contributed by atoms with van der Waals surface area (Å²) in [6.07, 6.45) is 0. The molecule has 0 amide bonds. The molecule has 28 heavy (non-hydrogen) atoms. The van der Waals surface area contributed by atoms with Gasteiger partial charge in [-0.25, -0.2) is 4.39 Å². The average Bonchev–Trinajstić information content (AvgIpc) is 3.19. The van der Waals surface area contributed by atoms with Gasteiger partial charge in [-0.05, 0) is 35.4 Å². The standard InChI is InChI=1S/C23H25FN2O2/c24-22-4-2-1-3-21(22)23-10-9-20(28-23)16-25-15-18-5-7-19(8-6-18)17-26-11-13-27-14-12-26/h1-10,25H,11-17H2. The first-order chi connectivity index (χ1) is 13.8. The molecule has 0 spiro atoms. The Kier molecular flexibility index (Phi) is 6.17. The average molecular weight is 380 g/mol. The Morgan fingerprint density at radius 3 is 2.39 bits per heavy atom. The van der Waals surface area contributed by atoms with Crippen molar-refractivity contribution in [3.8, 4) is 11.3 Å². The van der Waals surface area contributed by atoms with E-state index in [1.807, 2.05) is 18.2 Å². The van der Waals surface area contributed by atoms with Crippen LogP contribution in [0.3, 0.4) is 0 Å². The smallest absolute Gasteiger partial charge is 0.137 e. The normalized spacial score (nSPS) is 15.0. The van der Waals surface area contributed by atoms with Crippen molar-refractivity contribution in [3.05, 3.63) is 83.4 Å². The molecule has 0 bridgehead atoms. The Morgan fingerprint density at radius 2 is 1.61 bits per heavy atom. The van der Waals surface area contributed by atoms with Crippen LogP contribution >= 0.6 is 0 Å². The molecule has 0 saturated carbocycles. The van der Waals surface area contributed by atoms with Crippen LogP contribution in [0.1, 0.15) is 16.9 Å². The van der Waals surface area contributed by atoms with Gasteiger partial charge in [0.1, 0.15) is 17.3 Å². The second kappa shape index (κ2) is 9.15. The summed E-state index contributed by atoms with van der Waals surface area (Å²) in [6.45, 7) is 5.99. The molecule has 0 atom stereocenters. The number of nitrogens with zero attached hydrogens (tertiary/aromatic N) is 1. The van der Waals surface area contributed by atoms with Crippen LogP contribution in [0.2, 0.25) is 0 Å². The van der Waals surface area contributed by atoms with Gasteiger partial charge in [-0.15, -0.1) is 0 Å². The Balaban J connectivity index is 1.27. The van der Waals surface area contributed by atoms with Crippen LogP contribution in [0.25, 0.3) is 11.3 Å². The Hall–Kier alpha value is -2.47. The summed E-state index contributed by atoms with van der Waals surface area (Å²) in [7, 11) is 0. The van der Waals surface area contributed by atoms with Gasteiger partial charge in [0.2, 0.25) is 0 Å². The van der Waals surface area contributed by atoms with Crippen molar-refractivity contribution in [2.75, 3.05) is 26.3 Å². The molecule has 0 aliphatic carbocycles. The van der Waals surface area contributed by atoms with Crippen molar-refractivity contribution in [2.45, 2.75) is 19.6 Å². The molecule has 5 heteroatoms. The molecular formula is C23H25FN2O2. The Bertz CT molecular complexity index is 886. The first-order valence-electron chi connectivity index (χ1n) is 9.70. The zero-order valence-electron chi connectivity index (χ0n) is 15.9. The zero-order chi connectivity index (χ0) is 19.2. The van der Waals surface area contributed by atoms with Gasteiger partial charge in [-0.2, -0.15) is 0 Å². The van der Waals surface area contributed by atoms with E-state index in [1.165, 1.54) is 17.2 Å². The number of hydrogen-bond donors (Lipinski definition) is 1. The van der Waals surface area contributed by atoms with E-state index in [4.69, 9.17) is 9.15 Å². The fourth-order valence-corrected chi connectivity index (χ4v) is 3.39. The molecule has 2 heterocycles. The predicted octanol–water partition coefficient (Wildman–Crippen LogP) is 4.21. The van der Waals surface area contributed by atoms with Gasteiger partial charge < -0.3 is 14.5 Å². The summed E-state index contributed by atoms with van der Waals surface area (Å²) in [4.78, 5) is 2.42. The molecule has 0 radical (unpaired) electrons. The van der Waals surface area contributed by atoms with Crippen LogP contribution in [-0.4, -0.2) is 31.2 Å². The van der Waals surface area contributed by atoms with E-state index < -0.39 is 0 Å². The summed E-state index contributed by atoms with van der Waals surface area (Å²) in [5.74, 6) is 1.08. The number of benzene rings is 2. The van der Waals surface area contributed by atoms with Gasteiger partial charge >= 0.3 is 0 Å². The van der Waals surface area contributed by atoms with E-state index in [0.717, 1.165) is 45.2 Å². The quantitative estimate of drug-likeness (QED) is 0.666. The summed E-state index contributed by atoms with van der Waals surface area (Å²) in [6, 6.07) is 19.1. The SMILES string of the molecule is Fc1ccccc1-c1ccc(CNCc2ccc(CN3CCOCC3)cc2)o1. The number of ether oxygens (including phenoxy) is 1. The van der Waals surface area contributed by atoms with Gasteiger partial charge in [-0.3, -0.25) is 4.90 Å². The van der Waals surface area contributed by atoms with Crippen LogP contribution in [-0.2, 0) is 24.4 Å². The van der Waals surface area contributed by atoms with Gasteiger partial charge in [-0.1, -0.05) is 36.4 Å². The number of morpholine rings is 1. The van der Waals surface area contributed by atoms with Crippen molar-refractivity contribution in [1.29, 1.82) is 0 Å². The number of halogens is 1. The van der Waals surface area contributed by atoms with Gasteiger partial charge in [0.05, 0.1) is 25.3 Å². The molecule has 4 rings (SSSR count). The van der Waals surface area contributed by atoms with Crippen molar-refractivity contribution < 1.29 is 13.5 Å². The van der Waals surface area contributed by atoms with Crippen LogP contribution in [0.15, 0.2) is 65.1 Å². The van der Waals surface area contributed by atoms with E-state index in [0.29, 0.717) is 17.9 Å². The van der Waals surface area contributed by atoms with Crippen molar-refractivity contribution >= 4 is 0 Å². The minimum atomic E-state index is -0.270. The molecule has 1 saturated heterocycles. The maximum absolute atomic E-state index is 13.9. The van der Waals surface area contributed by atoms with E-state index in [9.17, 15) is 4.39 Å². The first-order valence-corrected chi connectivity index (χ1v) is 9.70. The second-order valence-electron chi connectivity index (χ2n) is 7.05. The molecular weight excluding hydrogens is 355 g/mol. The highest BCUT2D eigenvalue weighted by molar-refractivity contribution is 5.58. The lowest BCUT2D eigenvalue weighted by atomic mass is 10.1. The monoisotopic (exact) mass is 380 g/mol. The van der Waals surface area contributed by atoms with Crippen LogP contribution < -0.4 is 5.32 Å². The fourth-order valence-electron chi connectivity index (χ4n) is 3.39. The third kappa shape index (κ3) is 4.87. The van der Waals surface area contributed by atoms with E-state index in [2.05, 4.69) is 34.5 Å². The third-order valence-electron chi connectivity index (χ3n) is 4.96. The molecule has 0 unspecified atom stereocenters. The summed E-state index contributed by atoms with van der Waals surface area (Å²) < 4.78 is 25.0.